The predicted molar refractivity (Wildman–Crippen MR) is 74.6 cm³/mol. The average Bonchev–Trinajstić information content (AvgIpc) is 2.33. The minimum Gasteiger partial charge on any atom is -0.271 e. The minimum absolute atomic E-state index is 0.0125. The average molecular weight is 272 g/mol. The Morgan fingerprint density at radius 2 is 2.18 bits per heavy atom. The lowest BCUT2D eigenvalue weighted by atomic mass is 10.0. The molecule has 0 aromatic heterocycles. The van der Waals surface area contributed by atoms with Crippen molar-refractivity contribution in [1.29, 1.82) is 0 Å². The van der Waals surface area contributed by atoms with E-state index in [0.29, 0.717) is 10.5 Å². The highest BCUT2D eigenvalue weighted by atomic mass is 32.2. The van der Waals surface area contributed by atoms with Crippen molar-refractivity contribution < 1.29 is 4.39 Å². The number of rotatable bonds is 3. The van der Waals surface area contributed by atoms with Gasteiger partial charge in [-0.3, -0.25) is 11.3 Å². The van der Waals surface area contributed by atoms with Gasteiger partial charge in [0.15, 0.2) is 0 Å². The van der Waals surface area contributed by atoms with Crippen molar-refractivity contribution >= 4 is 23.5 Å². The first kappa shape index (κ1) is 13.2. The largest absolute Gasteiger partial charge is 0.271 e. The molecule has 0 amide bonds. The van der Waals surface area contributed by atoms with Crippen LogP contribution in [0.4, 0.5) is 4.39 Å². The Bertz CT molecular complexity index is 375. The molecule has 1 heterocycles. The number of nitrogens with two attached hydrogens (primary N) is 1. The van der Waals surface area contributed by atoms with E-state index in [1.165, 1.54) is 11.8 Å². The Labute approximate surface area is 110 Å². The molecular formula is C12H17FN2S2. The molecule has 1 aromatic rings. The molecule has 2 rings (SSSR count). The molecule has 1 saturated heterocycles. The van der Waals surface area contributed by atoms with Gasteiger partial charge in [-0.25, -0.2) is 4.39 Å². The van der Waals surface area contributed by atoms with E-state index in [4.69, 9.17) is 5.84 Å². The molecule has 3 unspecified atom stereocenters. The standard InChI is InChI=1S/C12H17FN2S2/c1-8-12(17-6-5-16-8)11(15-14)9-3-2-4-10(13)7-9/h2-4,7-8,11-12,15H,5-6,14H2,1H3. The third-order valence-electron chi connectivity index (χ3n) is 2.95. The highest BCUT2D eigenvalue weighted by Crippen LogP contribution is 2.38. The molecule has 0 saturated carbocycles. The van der Waals surface area contributed by atoms with Crippen LogP contribution in [-0.2, 0) is 0 Å². The summed E-state index contributed by atoms with van der Waals surface area (Å²) in [4.78, 5) is 0. The molecule has 2 nitrogen and oxygen atoms in total. The summed E-state index contributed by atoms with van der Waals surface area (Å²) >= 11 is 3.88. The van der Waals surface area contributed by atoms with Crippen LogP contribution in [-0.4, -0.2) is 22.0 Å². The van der Waals surface area contributed by atoms with Crippen LogP contribution in [0.25, 0.3) is 0 Å². The van der Waals surface area contributed by atoms with E-state index in [2.05, 4.69) is 12.3 Å². The van der Waals surface area contributed by atoms with E-state index >= 15 is 0 Å². The molecule has 1 aliphatic rings. The van der Waals surface area contributed by atoms with E-state index in [1.54, 1.807) is 12.1 Å². The van der Waals surface area contributed by atoms with Gasteiger partial charge in [0.2, 0.25) is 0 Å². The van der Waals surface area contributed by atoms with Gasteiger partial charge in [0.25, 0.3) is 0 Å². The highest BCUT2D eigenvalue weighted by molar-refractivity contribution is 8.07. The Kier molecular flexibility index (Phi) is 4.73. The maximum Gasteiger partial charge on any atom is 0.123 e. The van der Waals surface area contributed by atoms with Gasteiger partial charge in [-0.2, -0.15) is 23.5 Å². The molecule has 0 aliphatic carbocycles. The number of hydrogen-bond acceptors (Lipinski definition) is 4. The molecule has 0 radical (unpaired) electrons. The molecular weight excluding hydrogens is 255 g/mol. The summed E-state index contributed by atoms with van der Waals surface area (Å²) in [6, 6.07) is 6.71. The fourth-order valence-electron chi connectivity index (χ4n) is 2.10. The molecule has 1 aliphatic heterocycles. The first-order chi connectivity index (χ1) is 8.22. The Hall–Kier alpha value is -0.230. The van der Waals surface area contributed by atoms with Gasteiger partial charge in [-0.15, -0.1) is 0 Å². The van der Waals surface area contributed by atoms with Gasteiger partial charge < -0.3 is 0 Å². The van der Waals surface area contributed by atoms with Crippen molar-refractivity contribution in [3.05, 3.63) is 35.6 Å². The van der Waals surface area contributed by atoms with Gasteiger partial charge in [0, 0.05) is 22.0 Å². The zero-order valence-corrected chi connectivity index (χ0v) is 11.4. The summed E-state index contributed by atoms with van der Waals surface area (Å²) in [5, 5.41) is 0.915. The van der Waals surface area contributed by atoms with E-state index in [9.17, 15) is 4.39 Å². The first-order valence-corrected chi connectivity index (χ1v) is 7.77. The molecule has 94 valence electrons. The Morgan fingerprint density at radius 1 is 1.41 bits per heavy atom. The SMILES string of the molecule is CC1SCCSC1C(NN)c1cccc(F)c1. The Balaban J connectivity index is 2.20. The number of hydrogen-bond donors (Lipinski definition) is 2. The quantitative estimate of drug-likeness (QED) is 0.655. The number of halogens is 1. The Morgan fingerprint density at radius 3 is 2.82 bits per heavy atom. The molecule has 17 heavy (non-hydrogen) atoms. The minimum atomic E-state index is -0.205. The summed E-state index contributed by atoms with van der Waals surface area (Å²) < 4.78 is 13.2. The number of benzene rings is 1. The van der Waals surface area contributed by atoms with Gasteiger partial charge in [0.05, 0.1) is 6.04 Å². The second kappa shape index (κ2) is 6.09. The second-order valence-corrected chi connectivity index (χ2v) is 6.88. The monoisotopic (exact) mass is 272 g/mol. The van der Waals surface area contributed by atoms with Crippen LogP contribution in [0.5, 0.6) is 0 Å². The van der Waals surface area contributed by atoms with Crippen molar-refractivity contribution in [3.8, 4) is 0 Å². The fraction of sp³-hybridized carbons (Fsp3) is 0.500. The second-order valence-electron chi connectivity index (χ2n) is 4.11. The van der Waals surface area contributed by atoms with E-state index in [0.717, 1.165) is 11.3 Å². The zero-order valence-electron chi connectivity index (χ0n) is 9.73. The lowest BCUT2D eigenvalue weighted by Crippen LogP contribution is -2.40. The van der Waals surface area contributed by atoms with Crippen LogP contribution in [0.1, 0.15) is 18.5 Å². The summed E-state index contributed by atoms with van der Waals surface area (Å²) in [5.74, 6) is 7.76. The number of nitrogens with one attached hydrogen (secondary N) is 1. The van der Waals surface area contributed by atoms with Crippen LogP contribution in [0, 0.1) is 5.82 Å². The summed E-state index contributed by atoms with van der Waals surface area (Å²) in [6.45, 7) is 2.21. The molecule has 0 bridgehead atoms. The van der Waals surface area contributed by atoms with Gasteiger partial charge in [-0.1, -0.05) is 19.1 Å². The third-order valence-corrected chi connectivity index (χ3v) is 6.15. The molecule has 3 atom stereocenters. The lowest BCUT2D eigenvalue weighted by molar-refractivity contribution is 0.522. The topological polar surface area (TPSA) is 38.0 Å². The van der Waals surface area contributed by atoms with Crippen LogP contribution < -0.4 is 11.3 Å². The zero-order chi connectivity index (χ0) is 12.3. The molecule has 1 aromatic carbocycles. The maximum absolute atomic E-state index is 13.2. The molecule has 5 heteroatoms. The molecule has 0 spiro atoms. The van der Waals surface area contributed by atoms with Gasteiger partial charge in [-0.05, 0) is 17.7 Å². The first-order valence-electron chi connectivity index (χ1n) is 5.67. The van der Waals surface area contributed by atoms with Crippen molar-refractivity contribution in [2.24, 2.45) is 5.84 Å². The van der Waals surface area contributed by atoms with Crippen molar-refractivity contribution in [2.45, 2.75) is 23.5 Å². The lowest BCUT2D eigenvalue weighted by Gasteiger charge is -2.34. The molecule has 1 fully saturated rings. The van der Waals surface area contributed by atoms with Gasteiger partial charge >= 0.3 is 0 Å². The third kappa shape index (κ3) is 3.16. The fourth-order valence-corrected chi connectivity index (χ4v) is 5.03. The normalized spacial score (nSPS) is 26.8. The smallest absolute Gasteiger partial charge is 0.123 e. The molecule has 3 N–H and O–H groups in total. The highest BCUT2D eigenvalue weighted by Gasteiger charge is 2.30. The van der Waals surface area contributed by atoms with Crippen LogP contribution in [0.15, 0.2) is 24.3 Å². The van der Waals surface area contributed by atoms with Crippen molar-refractivity contribution in [3.63, 3.8) is 0 Å². The van der Waals surface area contributed by atoms with E-state index < -0.39 is 0 Å². The maximum atomic E-state index is 13.2. The predicted octanol–water partition coefficient (Wildman–Crippen LogP) is 2.57. The van der Waals surface area contributed by atoms with Crippen LogP contribution in [0.2, 0.25) is 0 Å². The summed E-state index contributed by atoms with van der Waals surface area (Å²) in [5.41, 5.74) is 3.77. The van der Waals surface area contributed by atoms with E-state index in [-0.39, 0.29) is 11.9 Å². The van der Waals surface area contributed by atoms with Crippen LogP contribution in [0.3, 0.4) is 0 Å². The summed E-state index contributed by atoms with van der Waals surface area (Å²) in [7, 11) is 0. The van der Waals surface area contributed by atoms with Crippen LogP contribution >= 0.6 is 23.5 Å². The van der Waals surface area contributed by atoms with Crippen molar-refractivity contribution in [1.82, 2.24) is 5.43 Å². The number of hydrazine groups is 1. The van der Waals surface area contributed by atoms with E-state index in [1.807, 2.05) is 29.6 Å². The number of thioether (sulfide) groups is 2. The summed E-state index contributed by atoms with van der Waals surface area (Å²) in [6.07, 6.45) is 0. The van der Waals surface area contributed by atoms with Gasteiger partial charge in [0.1, 0.15) is 5.82 Å². The van der Waals surface area contributed by atoms with Crippen molar-refractivity contribution in [2.75, 3.05) is 11.5 Å².